The van der Waals surface area contributed by atoms with Gasteiger partial charge >= 0.3 is 0 Å². The molecule has 1 atom stereocenters. The van der Waals surface area contributed by atoms with Gasteiger partial charge in [-0.15, -0.1) is 10.2 Å². The molecule has 4 aromatic rings. The lowest BCUT2D eigenvalue weighted by Gasteiger charge is -2.24. The van der Waals surface area contributed by atoms with Crippen molar-refractivity contribution in [2.75, 3.05) is 0 Å². The largest absolute Gasteiger partial charge is 0.457 e. The van der Waals surface area contributed by atoms with Crippen molar-refractivity contribution in [3.63, 3.8) is 0 Å². The monoisotopic (exact) mass is 438 g/mol. The average molecular weight is 439 g/mol. The number of nitrogens with one attached hydrogen (secondary N) is 1. The number of hydrogen-bond acceptors (Lipinski definition) is 4. The van der Waals surface area contributed by atoms with Gasteiger partial charge < -0.3 is 14.6 Å². The standard InChI is InChI=1S/C27H26N4O2/c1-19-29-30-26-14-13-23(18-31(19)26)21-8-6-9-22(16-21)27(32)28-17-20-7-5-12-25(15-20)33-24-10-3-2-4-11-24/h2-12,15-16,23H,13-14,17-18H2,1H3,(H,28,32)/t23-/m1/s1. The maximum absolute atomic E-state index is 12.9. The highest BCUT2D eigenvalue weighted by Crippen LogP contribution is 2.29. The minimum Gasteiger partial charge on any atom is -0.457 e. The van der Waals surface area contributed by atoms with E-state index in [1.807, 2.05) is 79.7 Å². The number of fused-ring (bicyclic) bond motifs is 1. The van der Waals surface area contributed by atoms with Gasteiger partial charge in [0.05, 0.1) is 0 Å². The Bertz CT molecular complexity index is 1270. The molecule has 0 saturated carbocycles. The fraction of sp³-hybridized carbons (Fsp3) is 0.222. The summed E-state index contributed by atoms with van der Waals surface area (Å²) in [7, 11) is 0. The molecule has 5 rings (SSSR count). The minimum atomic E-state index is -0.0804. The van der Waals surface area contributed by atoms with E-state index in [1.165, 1.54) is 5.56 Å². The molecule has 0 unspecified atom stereocenters. The van der Waals surface area contributed by atoms with Crippen LogP contribution in [0.5, 0.6) is 11.5 Å². The molecule has 0 saturated heterocycles. The van der Waals surface area contributed by atoms with Gasteiger partial charge in [-0.2, -0.15) is 0 Å². The molecular formula is C27H26N4O2. The van der Waals surface area contributed by atoms with Gasteiger partial charge in [-0.1, -0.05) is 42.5 Å². The quantitative estimate of drug-likeness (QED) is 0.458. The second kappa shape index (κ2) is 9.28. The van der Waals surface area contributed by atoms with Crippen molar-refractivity contribution in [1.29, 1.82) is 0 Å². The van der Waals surface area contributed by atoms with E-state index in [2.05, 4.69) is 26.1 Å². The summed E-state index contributed by atoms with van der Waals surface area (Å²) in [6.45, 7) is 3.28. The van der Waals surface area contributed by atoms with Crippen LogP contribution in [-0.2, 0) is 19.5 Å². The van der Waals surface area contributed by atoms with Crippen LogP contribution in [0.1, 0.15) is 45.5 Å². The number of amides is 1. The molecule has 166 valence electrons. The highest BCUT2D eigenvalue weighted by molar-refractivity contribution is 5.94. The molecule has 0 fully saturated rings. The summed E-state index contributed by atoms with van der Waals surface area (Å²) in [5.74, 6) is 3.80. The second-order valence-electron chi connectivity index (χ2n) is 8.38. The first kappa shape index (κ1) is 20.9. The second-order valence-corrected chi connectivity index (χ2v) is 8.38. The van der Waals surface area contributed by atoms with E-state index < -0.39 is 0 Å². The lowest BCUT2D eigenvalue weighted by molar-refractivity contribution is 0.0950. The van der Waals surface area contributed by atoms with Crippen LogP contribution in [0, 0.1) is 6.92 Å². The number of para-hydroxylation sites is 1. The van der Waals surface area contributed by atoms with E-state index >= 15 is 0 Å². The smallest absolute Gasteiger partial charge is 0.251 e. The molecule has 1 aliphatic rings. The van der Waals surface area contributed by atoms with Crippen molar-refractivity contribution in [3.05, 3.63) is 107 Å². The molecule has 1 N–H and O–H groups in total. The van der Waals surface area contributed by atoms with Crippen LogP contribution in [0.4, 0.5) is 0 Å². The lowest BCUT2D eigenvalue weighted by Crippen LogP contribution is -2.24. The van der Waals surface area contributed by atoms with E-state index in [0.717, 1.165) is 48.1 Å². The first-order chi connectivity index (χ1) is 16.2. The number of nitrogens with zero attached hydrogens (tertiary/aromatic N) is 3. The van der Waals surface area contributed by atoms with Crippen LogP contribution in [0.25, 0.3) is 0 Å². The van der Waals surface area contributed by atoms with Crippen molar-refractivity contribution in [2.45, 2.75) is 38.8 Å². The third-order valence-electron chi connectivity index (χ3n) is 6.08. The van der Waals surface area contributed by atoms with Gasteiger partial charge in [-0.25, -0.2) is 0 Å². The molecule has 1 aromatic heterocycles. The summed E-state index contributed by atoms with van der Waals surface area (Å²) in [6, 6.07) is 25.4. The Morgan fingerprint density at radius 1 is 1.00 bits per heavy atom. The summed E-state index contributed by atoms with van der Waals surface area (Å²) in [6.07, 6.45) is 1.92. The van der Waals surface area contributed by atoms with Crippen molar-refractivity contribution in [1.82, 2.24) is 20.1 Å². The van der Waals surface area contributed by atoms with Crippen LogP contribution >= 0.6 is 0 Å². The van der Waals surface area contributed by atoms with Gasteiger partial charge in [0.1, 0.15) is 23.1 Å². The number of aromatic nitrogens is 3. The summed E-state index contributed by atoms with van der Waals surface area (Å²) >= 11 is 0. The topological polar surface area (TPSA) is 69.0 Å². The van der Waals surface area contributed by atoms with Crippen molar-refractivity contribution >= 4 is 5.91 Å². The molecule has 6 nitrogen and oxygen atoms in total. The zero-order valence-electron chi connectivity index (χ0n) is 18.6. The normalized spacial score (nSPS) is 15.0. The van der Waals surface area contributed by atoms with Gasteiger partial charge in [0.2, 0.25) is 0 Å². The predicted octanol–water partition coefficient (Wildman–Crippen LogP) is 5.04. The Morgan fingerprint density at radius 2 is 1.82 bits per heavy atom. The van der Waals surface area contributed by atoms with Gasteiger partial charge in [-0.05, 0) is 60.9 Å². The Kier molecular flexibility index (Phi) is 5.89. The fourth-order valence-corrected chi connectivity index (χ4v) is 4.30. The van der Waals surface area contributed by atoms with E-state index in [-0.39, 0.29) is 5.91 Å². The van der Waals surface area contributed by atoms with Crippen LogP contribution in [0.15, 0.2) is 78.9 Å². The minimum absolute atomic E-state index is 0.0804. The maximum atomic E-state index is 12.9. The molecule has 2 heterocycles. The summed E-state index contributed by atoms with van der Waals surface area (Å²) in [5, 5.41) is 11.5. The first-order valence-electron chi connectivity index (χ1n) is 11.2. The molecule has 0 spiro atoms. The highest BCUT2D eigenvalue weighted by atomic mass is 16.5. The van der Waals surface area contributed by atoms with Crippen molar-refractivity contribution < 1.29 is 9.53 Å². The third-order valence-corrected chi connectivity index (χ3v) is 6.08. The number of benzene rings is 3. The number of carbonyl (C=O) groups is 1. The zero-order valence-corrected chi connectivity index (χ0v) is 18.6. The van der Waals surface area contributed by atoms with Gasteiger partial charge in [0.15, 0.2) is 0 Å². The van der Waals surface area contributed by atoms with E-state index in [0.29, 0.717) is 18.0 Å². The van der Waals surface area contributed by atoms with Crippen LogP contribution in [0.2, 0.25) is 0 Å². The SMILES string of the molecule is Cc1nnc2n1C[C@H](c1cccc(C(=O)NCc3cccc(Oc4ccccc4)c3)c1)CC2. The maximum Gasteiger partial charge on any atom is 0.251 e. The Balaban J connectivity index is 1.23. The Labute approximate surface area is 193 Å². The summed E-state index contributed by atoms with van der Waals surface area (Å²) in [5.41, 5.74) is 2.84. The number of aryl methyl sites for hydroxylation is 2. The summed E-state index contributed by atoms with van der Waals surface area (Å²) < 4.78 is 8.08. The van der Waals surface area contributed by atoms with E-state index in [9.17, 15) is 4.79 Å². The van der Waals surface area contributed by atoms with Crippen LogP contribution in [-0.4, -0.2) is 20.7 Å². The van der Waals surface area contributed by atoms with Crippen molar-refractivity contribution in [2.24, 2.45) is 0 Å². The first-order valence-corrected chi connectivity index (χ1v) is 11.2. The van der Waals surface area contributed by atoms with Crippen molar-refractivity contribution in [3.8, 4) is 11.5 Å². The predicted molar refractivity (Wildman–Crippen MR) is 126 cm³/mol. The van der Waals surface area contributed by atoms with Gasteiger partial charge in [0.25, 0.3) is 5.91 Å². The van der Waals surface area contributed by atoms with Crippen LogP contribution < -0.4 is 10.1 Å². The van der Waals surface area contributed by atoms with Crippen LogP contribution in [0.3, 0.4) is 0 Å². The zero-order chi connectivity index (χ0) is 22.6. The van der Waals surface area contributed by atoms with Gasteiger partial charge in [0, 0.05) is 31.0 Å². The van der Waals surface area contributed by atoms with E-state index in [1.54, 1.807) is 0 Å². The summed E-state index contributed by atoms with van der Waals surface area (Å²) in [4.78, 5) is 12.9. The van der Waals surface area contributed by atoms with Gasteiger partial charge in [-0.3, -0.25) is 4.79 Å². The molecule has 3 aromatic carbocycles. The molecule has 33 heavy (non-hydrogen) atoms. The lowest BCUT2D eigenvalue weighted by atomic mass is 9.90. The number of ether oxygens (including phenoxy) is 1. The number of carbonyl (C=O) groups excluding carboxylic acids is 1. The van der Waals surface area contributed by atoms with E-state index in [4.69, 9.17) is 4.74 Å². The highest BCUT2D eigenvalue weighted by Gasteiger charge is 2.23. The number of hydrogen-bond donors (Lipinski definition) is 1. The molecule has 0 radical (unpaired) electrons. The molecule has 6 heteroatoms. The molecule has 1 aliphatic heterocycles. The molecular weight excluding hydrogens is 412 g/mol. The Morgan fingerprint density at radius 3 is 2.70 bits per heavy atom. The Hall–Kier alpha value is -3.93. The molecule has 1 amide bonds. The molecule has 0 aliphatic carbocycles. The molecule has 0 bridgehead atoms. The fourth-order valence-electron chi connectivity index (χ4n) is 4.30. The third kappa shape index (κ3) is 4.80. The average Bonchev–Trinajstić information content (AvgIpc) is 3.23. The number of rotatable bonds is 6.